The Morgan fingerprint density at radius 1 is 0.703 bits per heavy atom. The third-order valence-electron chi connectivity index (χ3n) is 7.08. The van der Waals surface area contributed by atoms with Gasteiger partial charge in [-0.25, -0.2) is 4.98 Å². The molecule has 37 heavy (non-hydrogen) atoms. The summed E-state index contributed by atoms with van der Waals surface area (Å²) in [5.74, 6) is -15.9. The van der Waals surface area contributed by atoms with Crippen molar-refractivity contribution in [1.82, 2.24) is 9.97 Å². The van der Waals surface area contributed by atoms with Crippen molar-refractivity contribution in [3.63, 3.8) is 0 Å². The van der Waals surface area contributed by atoms with E-state index in [-0.39, 0.29) is 15.6 Å². The van der Waals surface area contributed by atoms with Crippen LogP contribution in [0.25, 0.3) is 33.0 Å². The number of halogens is 7. The van der Waals surface area contributed by atoms with Gasteiger partial charge in [0.25, 0.3) is 0 Å². The Labute approximate surface area is 215 Å². The van der Waals surface area contributed by atoms with E-state index in [1.165, 1.54) is 12.1 Å². The van der Waals surface area contributed by atoms with Gasteiger partial charge in [0.05, 0.1) is 11.0 Å². The van der Waals surface area contributed by atoms with E-state index in [1.54, 1.807) is 37.3 Å². The zero-order valence-electron chi connectivity index (χ0n) is 19.2. The van der Waals surface area contributed by atoms with Crippen molar-refractivity contribution >= 4 is 48.9 Å². The second-order valence-corrected chi connectivity index (χ2v) is 10.00. The van der Waals surface area contributed by atoms with Gasteiger partial charge in [-0.15, -0.1) is 0 Å². The Bertz CT molecular complexity index is 1650. The molecule has 3 aromatic rings. The van der Waals surface area contributed by atoms with Crippen LogP contribution >= 0.6 is 15.9 Å². The van der Waals surface area contributed by atoms with Gasteiger partial charge in [-0.2, -0.15) is 26.3 Å². The minimum atomic E-state index is -5.64. The molecule has 0 saturated carbocycles. The molecule has 0 fully saturated rings. The summed E-state index contributed by atoms with van der Waals surface area (Å²) in [6.45, 7) is 1.66. The lowest BCUT2D eigenvalue weighted by Gasteiger charge is -2.23. The maximum atomic E-state index is 15.3. The number of fused-ring (bicyclic) bond motifs is 6. The summed E-state index contributed by atoms with van der Waals surface area (Å²) in [4.78, 5) is 8.90. The third kappa shape index (κ3) is 3.19. The van der Waals surface area contributed by atoms with E-state index in [0.717, 1.165) is 0 Å². The zero-order valence-corrected chi connectivity index (χ0v) is 20.8. The highest BCUT2D eigenvalue weighted by molar-refractivity contribution is 9.10. The number of hydrogen-bond donors (Lipinski definition) is 0. The molecule has 0 unspecified atom stereocenters. The van der Waals surface area contributed by atoms with Gasteiger partial charge in [-0.05, 0) is 64.2 Å². The van der Waals surface area contributed by atoms with Crippen molar-refractivity contribution in [2.45, 2.75) is 37.5 Å². The van der Waals surface area contributed by atoms with Gasteiger partial charge in [0.15, 0.2) is 0 Å². The molecule has 2 aromatic heterocycles. The SMILES string of the molecule is Cc1nc2c(cc1=C1C=CC=CC1)c1c(c3cc(=C4C=CC=CC4)c(Br)nc32)C(F)(F)C(F)(F)C1(F)F. The van der Waals surface area contributed by atoms with Crippen molar-refractivity contribution in [2.24, 2.45) is 0 Å². The number of rotatable bonds is 0. The molecule has 0 N–H and O–H groups in total. The second kappa shape index (κ2) is 7.90. The number of aromatic nitrogens is 2. The molecule has 0 amide bonds. The van der Waals surface area contributed by atoms with Gasteiger partial charge in [0, 0.05) is 32.8 Å². The molecule has 2 nitrogen and oxygen atoms in total. The van der Waals surface area contributed by atoms with Crippen LogP contribution in [0.2, 0.25) is 0 Å². The monoisotopic (exact) mass is 574 g/mol. The molecular weight excluding hydrogens is 558 g/mol. The fourth-order valence-electron chi connectivity index (χ4n) is 5.25. The van der Waals surface area contributed by atoms with Crippen LogP contribution in [0.5, 0.6) is 0 Å². The molecule has 6 rings (SSSR count). The molecule has 1 aromatic carbocycles. The van der Waals surface area contributed by atoms with Crippen LogP contribution in [0.15, 0.2) is 65.3 Å². The van der Waals surface area contributed by atoms with Crippen LogP contribution in [0.4, 0.5) is 26.3 Å². The standard InChI is InChI=1S/C28H17BrF6N2/c1-14-17(15-8-4-2-5-9-15)12-19-21-22(27(32,33)28(34,35)26(21,30)31)20-13-18(16-10-6-3-7-11-16)25(29)37-24(20)23(19)36-14/h2-8,10,12-13H,9,11H2,1H3. The third-order valence-corrected chi connectivity index (χ3v) is 7.68. The maximum absolute atomic E-state index is 15.3. The highest BCUT2D eigenvalue weighted by atomic mass is 79.9. The van der Waals surface area contributed by atoms with Gasteiger partial charge < -0.3 is 0 Å². The highest BCUT2D eigenvalue weighted by Gasteiger charge is 2.80. The number of aryl methyl sites for hydroxylation is 1. The van der Waals surface area contributed by atoms with Crippen LogP contribution in [0, 0.1) is 6.92 Å². The molecule has 9 heteroatoms. The Balaban J connectivity index is 1.87. The Morgan fingerprint density at radius 3 is 1.70 bits per heavy atom. The molecule has 3 aliphatic carbocycles. The van der Waals surface area contributed by atoms with Crippen molar-refractivity contribution < 1.29 is 26.3 Å². The first-order chi connectivity index (χ1) is 17.5. The Kier molecular flexibility index (Phi) is 5.16. The van der Waals surface area contributed by atoms with E-state index in [9.17, 15) is 8.78 Å². The van der Waals surface area contributed by atoms with E-state index in [4.69, 9.17) is 0 Å². The first kappa shape index (κ1) is 24.2. The fourth-order valence-corrected chi connectivity index (χ4v) is 5.79. The van der Waals surface area contributed by atoms with Gasteiger partial charge in [0.1, 0.15) is 4.60 Å². The van der Waals surface area contributed by atoms with Gasteiger partial charge in [-0.3, -0.25) is 4.98 Å². The number of alkyl halides is 6. The Hall–Kier alpha value is -3.20. The summed E-state index contributed by atoms with van der Waals surface area (Å²) in [6.07, 6.45) is 15.1. The number of nitrogens with zero attached hydrogens (tertiary/aromatic N) is 2. The minimum absolute atomic E-state index is 0.129. The summed E-state index contributed by atoms with van der Waals surface area (Å²) in [6, 6.07) is 2.51. The number of hydrogen-bond acceptors (Lipinski definition) is 2. The van der Waals surface area contributed by atoms with Crippen LogP contribution in [0.1, 0.15) is 29.7 Å². The summed E-state index contributed by atoms with van der Waals surface area (Å²) in [7, 11) is 0. The lowest BCUT2D eigenvalue weighted by molar-refractivity contribution is -0.301. The first-order valence-corrected chi connectivity index (χ1v) is 12.3. The molecule has 2 heterocycles. The summed E-state index contributed by atoms with van der Waals surface area (Å²) < 4.78 is 91.2. The van der Waals surface area contributed by atoms with Crippen LogP contribution in [-0.4, -0.2) is 15.9 Å². The van der Waals surface area contributed by atoms with Gasteiger partial charge in [-0.1, -0.05) is 48.6 Å². The van der Waals surface area contributed by atoms with Crippen molar-refractivity contribution in [2.75, 3.05) is 0 Å². The largest absolute Gasteiger partial charge is 0.380 e. The molecule has 0 atom stereocenters. The van der Waals surface area contributed by atoms with Gasteiger partial charge >= 0.3 is 17.8 Å². The maximum Gasteiger partial charge on any atom is 0.380 e. The molecular formula is C28H17BrF6N2. The van der Waals surface area contributed by atoms with E-state index in [2.05, 4.69) is 25.9 Å². The van der Waals surface area contributed by atoms with E-state index < -0.39 is 39.7 Å². The van der Waals surface area contributed by atoms with Crippen molar-refractivity contribution in [3.05, 3.63) is 92.6 Å². The number of pyridine rings is 2. The molecule has 188 valence electrons. The molecule has 0 saturated heterocycles. The molecule has 0 radical (unpaired) electrons. The fraction of sp³-hybridized carbons (Fsp3) is 0.214. The van der Waals surface area contributed by atoms with Crippen LogP contribution < -0.4 is 10.4 Å². The number of allylic oxidation sites excluding steroid dienone is 8. The lowest BCUT2D eigenvalue weighted by Crippen LogP contribution is -2.43. The first-order valence-electron chi connectivity index (χ1n) is 11.5. The van der Waals surface area contributed by atoms with Crippen LogP contribution in [-0.2, 0) is 11.8 Å². The molecule has 0 spiro atoms. The number of benzene rings is 1. The average Bonchev–Trinajstić information content (AvgIpc) is 2.98. The second-order valence-electron chi connectivity index (χ2n) is 9.25. The van der Waals surface area contributed by atoms with Crippen LogP contribution in [0.3, 0.4) is 0 Å². The smallest absolute Gasteiger partial charge is 0.250 e. The zero-order chi connectivity index (χ0) is 26.3. The van der Waals surface area contributed by atoms with Gasteiger partial charge in [0.2, 0.25) is 0 Å². The summed E-state index contributed by atoms with van der Waals surface area (Å²) in [5.41, 5.74) is -1.24. The van der Waals surface area contributed by atoms with E-state index in [0.29, 0.717) is 40.1 Å². The quantitative estimate of drug-likeness (QED) is 0.164. The lowest BCUT2D eigenvalue weighted by atomic mass is 9.94. The normalized spacial score (nSPS) is 23.8. The molecule has 3 aliphatic rings. The summed E-state index contributed by atoms with van der Waals surface area (Å²) >= 11 is 3.37. The predicted molar refractivity (Wildman–Crippen MR) is 134 cm³/mol. The van der Waals surface area contributed by atoms with Crippen molar-refractivity contribution in [1.29, 1.82) is 0 Å². The Morgan fingerprint density at radius 2 is 1.19 bits per heavy atom. The highest BCUT2D eigenvalue weighted by Crippen LogP contribution is 2.65. The predicted octanol–water partition coefficient (Wildman–Crippen LogP) is 7.02. The summed E-state index contributed by atoms with van der Waals surface area (Å²) in [5, 5.41) is -0.145. The van der Waals surface area contributed by atoms with E-state index >= 15 is 17.6 Å². The topological polar surface area (TPSA) is 25.8 Å². The molecule has 0 bridgehead atoms. The molecule has 0 aliphatic heterocycles. The average molecular weight is 575 g/mol. The minimum Gasteiger partial charge on any atom is -0.250 e. The van der Waals surface area contributed by atoms with E-state index in [1.807, 2.05) is 18.2 Å². The van der Waals surface area contributed by atoms with Crippen molar-refractivity contribution in [3.8, 4) is 0 Å².